The first-order valence-corrected chi connectivity index (χ1v) is 7.70. The monoisotopic (exact) mass is 356 g/mol. The van der Waals surface area contributed by atoms with Crippen LogP contribution in [0.1, 0.15) is 22.2 Å². The van der Waals surface area contributed by atoms with Gasteiger partial charge < -0.3 is 10.6 Å². The summed E-state index contributed by atoms with van der Waals surface area (Å²) < 4.78 is 14.2. The summed E-state index contributed by atoms with van der Waals surface area (Å²) in [6.45, 7) is 3.02. The summed E-state index contributed by atoms with van der Waals surface area (Å²) in [4.78, 5) is 15.2. The molecule has 0 saturated carbocycles. The van der Waals surface area contributed by atoms with Gasteiger partial charge in [-0.2, -0.15) is 0 Å². The Bertz CT molecular complexity index is 629. The number of hydrogen-bond donors (Lipinski definition) is 1. The molecule has 1 amide bonds. The highest BCUT2D eigenvalue weighted by atomic mass is 79.9. The third-order valence-electron chi connectivity index (χ3n) is 2.89. The maximum Gasteiger partial charge on any atom is 0.254 e. The van der Waals surface area contributed by atoms with Crippen molar-refractivity contribution in [3.63, 3.8) is 0 Å². The first-order chi connectivity index (χ1) is 9.51. The Morgan fingerprint density at radius 2 is 2.15 bits per heavy atom. The lowest BCUT2D eigenvalue weighted by Crippen LogP contribution is -2.30. The number of rotatable bonds is 4. The molecule has 106 valence electrons. The van der Waals surface area contributed by atoms with Gasteiger partial charge in [0.15, 0.2) is 0 Å². The van der Waals surface area contributed by atoms with E-state index in [4.69, 9.17) is 5.73 Å². The van der Waals surface area contributed by atoms with Crippen LogP contribution in [0.5, 0.6) is 0 Å². The molecule has 1 aromatic heterocycles. The Kier molecular flexibility index (Phi) is 4.77. The van der Waals surface area contributed by atoms with Gasteiger partial charge in [0.2, 0.25) is 0 Å². The van der Waals surface area contributed by atoms with Crippen molar-refractivity contribution in [2.75, 3.05) is 12.3 Å². The second-order valence-electron chi connectivity index (χ2n) is 4.26. The van der Waals surface area contributed by atoms with E-state index in [0.717, 1.165) is 8.66 Å². The van der Waals surface area contributed by atoms with E-state index in [1.54, 1.807) is 16.2 Å². The molecule has 0 aliphatic rings. The number of nitrogens with two attached hydrogens (primary N) is 1. The second-order valence-corrected chi connectivity index (χ2v) is 6.81. The fourth-order valence-electron chi connectivity index (χ4n) is 1.81. The average molecular weight is 357 g/mol. The van der Waals surface area contributed by atoms with Crippen molar-refractivity contribution in [1.29, 1.82) is 0 Å². The lowest BCUT2D eigenvalue weighted by molar-refractivity contribution is 0.0754. The zero-order chi connectivity index (χ0) is 14.7. The Hall–Kier alpha value is -1.40. The highest BCUT2D eigenvalue weighted by Crippen LogP contribution is 2.24. The van der Waals surface area contributed by atoms with Gasteiger partial charge in [-0.05, 0) is 53.2 Å². The normalized spacial score (nSPS) is 10.6. The number of nitrogen functional groups attached to an aromatic ring is 1. The van der Waals surface area contributed by atoms with Crippen molar-refractivity contribution in [2.24, 2.45) is 0 Å². The summed E-state index contributed by atoms with van der Waals surface area (Å²) in [7, 11) is 0. The minimum Gasteiger partial charge on any atom is -0.396 e. The number of nitrogens with zero attached hydrogens (tertiary/aromatic N) is 1. The van der Waals surface area contributed by atoms with E-state index in [0.29, 0.717) is 18.7 Å². The van der Waals surface area contributed by atoms with Gasteiger partial charge in [-0.3, -0.25) is 4.79 Å². The lowest BCUT2D eigenvalue weighted by atomic mass is 10.1. The number of carbonyl (C=O) groups is 1. The maximum atomic E-state index is 13.1. The topological polar surface area (TPSA) is 46.3 Å². The summed E-state index contributed by atoms with van der Waals surface area (Å²) in [5.74, 6) is -0.657. The van der Waals surface area contributed by atoms with Crippen LogP contribution in [0.15, 0.2) is 34.1 Å². The predicted octanol–water partition coefficient (Wildman–Crippen LogP) is 3.89. The van der Waals surface area contributed by atoms with Crippen LogP contribution in [0.2, 0.25) is 0 Å². The fraction of sp³-hybridized carbons (Fsp3) is 0.214. The molecule has 6 heteroatoms. The molecule has 0 radical (unpaired) electrons. The van der Waals surface area contributed by atoms with Crippen LogP contribution in [0.4, 0.5) is 10.1 Å². The average Bonchev–Trinajstić information content (AvgIpc) is 2.84. The SMILES string of the molecule is CCN(Cc1ccc(Br)s1)C(=O)c1ccc(F)c(N)c1. The Morgan fingerprint density at radius 3 is 2.70 bits per heavy atom. The number of benzene rings is 1. The molecule has 0 fully saturated rings. The standard InChI is InChI=1S/C14H14BrFN2OS/c1-2-18(8-10-4-6-13(15)20-10)14(19)9-3-5-11(16)12(17)7-9/h3-7H,2,8,17H2,1H3. The van der Waals surface area contributed by atoms with Crippen molar-refractivity contribution in [3.8, 4) is 0 Å². The van der Waals surface area contributed by atoms with Crippen LogP contribution >= 0.6 is 27.3 Å². The van der Waals surface area contributed by atoms with E-state index < -0.39 is 5.82 Å². The molecule has 20 heavy (non-hydrogen) atoms. The number of hydrogen-bond acceptors (Lipinski definition) is 3. The van der Waals surface area contributed by atoms with Crippen molar-refractivity contribution in [1.82, 2.24) is 4.90 Å². The van der Waals surface area contributed by atoms with Gasteiger partial charge in [-0.15, -0.1) is 11.3 Å². The molecular formula is C14H14BrFN2OS. The zero-order valence-electron chi connectivity index (χ0n) is 10.9. The molecule has 1 aromatic carbocycles. The molecule has 2 N–H and O–H groups in total. The van der Waals surface area contributed by atoms with Crippen molar-refractivity contribution in [3.05, 3.63) is 50.4 Å². The van der Waals surface area contributed by atoms with Crippen LogP contribution in [0, 0.1) is 5.82 Å². The van der Waals surface area contributed by atoms with Gasteiger partial charge in [0.25, 0.3) is 5.91 Å². The van der Waals surface area contributed by atoms with Crippen LogP contribution < -0.4 is 5.73 Å². The van der Waals surface area contributed by atoms with Gasteiger partial charge in [0, 0.05) is 17.0 Å². The number of amides is 1. The summed E-state index contributed by atoms with van der Waals surface area (Å²) in [5, 5.41) is 0. The summed E-state index contributed by atoms with van der Waals surface area (Å²) in [6.07, 6.45) is 0. The van der Waals surface area contributed by atoms with Gasteiger partial charge in [0.1, 0.15) is 5.82 Å². The first kappa shape index (κ1) is 15.0. The molecular weight excluding hydrogens is 343 g/mol. The van der Waals surface area contributed by atoms with Gasteiger partial charge in [-0.1, -0.05) is 0 Å². The van der Waals surface area contributed by atoms with E-state index in [1.165, 1.54) is 18.2 Å². The molecule has 0 spiro atoms. The van der Waals surface area contributed by atoms with Crippen molar-refractivity contribution < 1.29 is 9.18 Å². The Balaban J connectivity index is 2.18. The van der Waals surface area contributed by atoms with Crippen LogP contribution in [-0.4, -0.2) is 17.4 Å². The molecule has 0 aliphatic carbocycles. The highest BCUT2D eigenvalue weighted by molar-refractivity contribution is 9.11. The largest absolute Gasteiger partial charge is 0.396 e. The molecule has 2 aromatic rings. The molecule has 0 unspecified atom stereocenters. The molecule has 1 heterocycles. The summed E-state index contributed by atoms with van der Waals surface area (Å²) in [5.41, 5.74) is 5.90. The number of carbonyl (C=O) groups excluding carboxylic acids is 1. The van der Waals surface area contributed by atoms with Gasteiger partial charge >= 0.3 is 0 Å². The van der Waals surface area contributed by atoms with E-state index in [9.17, 15) is 9.18 Å². The quantitative estimate of drug-likeness (QED) is 0.844. The van der Waals surface area contributed by atoms with E-state index in [-0.39, 0.29) is 11.6 Å². The minimum absolute atomic E-state index is 0.00855. The molecule has 0 bridgehead atoms. The first-order valence-electron chi connectivity index (χ1n) is 6.09. The third kappa shape index (κ3) is 3.37. The number of thiophene rings is 1. The number of anilines is 1. The van der Waals surface area contributed by atoms with Gasteiger partial charge in [0.05, 0.1) is 16.0 Å². The molecule has 2 rings (SSSR count). The summed E-state index contributed by atoms with van der Waals surface area (Å²) >= 11 is 4.99. The fourth-order valence-corrected chi connectivity index (χ4v) is 3.31. The molecule has 0 saturated heterocycles. The smallest absolute Gasteiger partial charge is 0.254 e. The Labute approximate surface area is 129 Å². The second kappa shape index (κ2) is 6.37. The predicted molar refractivity (Wildman–Crippen MR) is 83.2 cm³/mol. The molecule has 3 nitrogen and oxygen atoms in total. The van der Waals surface area contributed by atoms with Crippen LogP contribution in [0.25, 0.3) is 0 Å². The molecule has 0 atom stereocenters. The van der Waals surface area contributed by atoms with E-state index in [2.05, 4.69) is 15.9 Å². The van der Waals surface area contributed by atoms with E-state index in [1.807, 2.05) is 19.1 Å². The van der Waals surface area contributed by atoms with Crippen LogP contribution in [0.3, 0.4) is 0 Å². The van der Waals surface area contributed by atoms with E-state index >= 15 is 0 Å². The zero-order valence-corrected chi connectivity index (χ0v) is 13.3. The number of halogens is 2. The van der Waals surface area contributed by atoms with Crippen molar-refractivity contribution >= 4 is 38.9 Å². The van der Waals surface area contributed by atoms with Crippen LogP contribution in [-0.2, 0) is 6.54 Å². The third-order valence-corrected chi connectivity index (χ3v) is 4.50. The minimum atomic E-state index is -0.508. The van der Waals surface area contributed by atoms with Gasteiger partial charge in [-0.25, -0.2) is 4.39 Å². The van der Waals surface area contributed by atoms with Crippen molar-refractivity contribution in [2.45, 2.75) is 13.5 Å². The molecule has 0 aliphatic heterocycles. The summed E-state index contributed by atoms with van der Waals surface area (Å²) in [6, 6.07) is 7.99. The maximum absolute atomic E-state index is 13.1. The highest BCUT2D eigenvalue weighted by Gasteiger charge is 2.16. The Morgan fingerprint density at radius 1 is 1.40 bits per heavy atom. The lowest BCUT2D eigenvalue weighted by Gasteiger charge is -2.20.